The molecule has 1 aromatic carbocycles. The van der Waals surface area contributed by atoms with E-state index in [1.54, 1.807) is 11.0 Å². The minimum absolute atomic E-state index is 0.0515. The summed E-state index contributed by atoms with van der Waals surface area (Å²) in [5.74, 6) is -0.884. The van der Waals surface area contributed by atoms with Crippen molar-refractivity contribution in [2.45, 2.75) is 6.92 Å². The van der Waals surface area contributed by atoms with Crippen LogP contribution in [0, 0.1) is 17.7 Å². The zero-order valence-electron chi connectivity index (χ0n) is 12.0. The first-order chi connectivity index (χ1) is 10.0. The van der Waals surface area contributed by atoms with Gasteiger partial charge in [-0.1, -0.05) is 13.0 Å². The number of likely N-dealkylation sites (tertiary alicyclic amines) is 1. The number of halogens is 1. The van der Waals surface area contributed by atoms with E-state index in [0.717, 1.165) is 0 Å². The minimum Gasteiger partial charge on any atom is -0.484 e. The molecule has 0 aromatic heterocycles. The van der Waals surface area contributed by atoms with Gasteiger partial charge in [0.15, 0.2) is 6.61 Å². The van der Waals surface area contributed by atoms with Crippen molar-refractivity contribution < 1.29 is 23.5 Å². The second-order valence-electron chi connectivity index (χ2n) is 5.15. The second kappa shape index (κ2) is 6.56. The maximum Gasteiger partial charge on any atom is 0.310 e. The molecule has 1 aromatic rings. The lowest BCUT2D eigenvalue weighted by molar-refractivity contribution is -0.146. The van der Waals surface area contributed by atoms with Crippen LogP contribution in [0.15, 0.2) is 24.3 Å². The molecule has 0 bridgehead atoms. The van der Waals surface area contributed by atoms with E-state index in [0.29, 0.717) is 18.8 Å². The highest BCUT2D eigenvalue weighted by Crippen LogP contribution is 2.24. The quantitative estimate of drug-likeness (QED) is 0.789. The molecule has 2 unspecified atom stereocenters. The molecule has 114 valence electrons. The van der Waals surface area contributed by atoms with Crippen molar-refractivity contribution in [3.05, 3.63) is 30.1 Å². The molecular formula is C15H18FNO4. The normalized spacial score (nSPS) is 21.2. The van der Waals surface area contributed by atoms with Crippen LogP contribution in [0.25, 0.3) is 0 Å². The highest BCUT2D eigenvalue weighted by atomic mass is 19.1. The minimum atomic E-state index is -0.416. The van der Waals surface area contributed by atoms with Crippen molar-refractivity contribution >= 4 is 11.9 Å². The number of esters is 1. The predicted molar refractivity (Wildman–Crippen MR) is 73.1 cm³/mol. The van der Waals surface area contributed by atoms with Gasteiger partial charge in [0.25, 0.3) is 5.91 Å². The molecule has 1 saturated heterocycles. The van der Waals surface area contributed by atoms with Gasteiger partial charge in [0.05, 0.1) is 13.0 Å². The Kier molecular flexibility index (Phi) is 4.77. The fraction of sp³-hybridized carbons (Fsp3) is 0.467. The first kappa shape index (κ1) is 15.3. The van der Waals surface area contributed by atoms with Gasteiger partial charge in [-0.15, -0.1) is 0 Å². The van der Waals surface area contributed by atoms with Gasteiger partial charge in [-0.3, -0.25) is 9.59 Å². The number of rotatable bonds is 4. The van der Waals surface area contributed by atoms with Crippen molar-refractivity contribution in [3.63, 3.8) is 0 Å². The zero-order valence-corrected chi connectivity index (χ0v) is 12.0. The summed E-state index contributed by atoms with van der Waals surface area (Å²) in [7, 11) is 1.34. The highest BCUT2D eigenvalue weighted by molar-refractivity contribution is 5.80. The van der Waals surface area contributed by atoms with Crippen LogP contribution in [0.4, 0.5) is 4.39 Å². The molecule has 6 heteroatoms. The van der Waals surface area contributed by atoms with Crippen molar-refractivity contribution in [3.8, 4) is 5.75 Å². The summed E-state index contributed by atoms with van der Waals surface area (Å²) in [4.78, 5) is 25.2. The van der Waals surface area contributed by atoms with Crippen LogP contribution in [0.3, 0.4) is 0 Å². The Morgan fingerprint density at radius 1 is 1.38 bits per heavy atom. The first-order valence-electron chi connectivity index (χ1n) is 6.75. The molecule has 1 heterocycles. The average Bonchev–Trinajstić information content (AvgIpc) is 2.86. The number of carbonyl (C=O) groups is 2. The van der Waals surface area contributed by atoms with Crippen molar-refractivity contribution in [1.29, 1.82) is 0 Å². The Balaban J connectivity index is 1.88. The largest absolute Gasteiger partial charge is 0.484 e. The van der Waals surface area contributed by atoms with E-state index in [9.17, 15) is 14.0 Å². The molecule has 5 nitrogen and oxygen atoms in total. The van der Waals surface area contributed by atoms with Crippen LogP contribution < -0.4 is 4.74 Å². The molecule has 0 radical (unpaired) electrons. The second-order valence-corrected chi connectivity index (χ2v) is 5.15. The van der Waals surface area contributed by atoms with Gasteiger partial charge in [0.1, 0.15) is 11.6 Å². The molecule has 1 aliphatic heterocycles. The Hall–Kier alpha value is -2.11. The van der Waals surface area contributed by atoms with Gasteiger partial charge >= 0.3 is 5.97 Å². The maximum absolute atomic E-state index is 13.0. The summed E-state index contributed by atoms with van der Waals surface area (Å²) in [6, 6.07) is 5.62. The Labute approximate surface area is 122 Å². The summed E-state index contributed by atoms with van der Waals surface area (Å²) in [6.45, 7) is 2.55. The molecule has 1 aliphatic rings. The lowest BCUT2D eigenvalue weighted by Crippen LogP contribution is -2.34. The monoisotopic (exact) mass is 295 g/mol. The van der Waals surface area contributed by atoms with E-state index < -0.39 is 5.82 Å². The topological polar surface area (TPSA) is 55.8 Å². The summed E-state index contributed by atoms with van der Waals surface area (Å²) in [5, 5.41) is 0. The molecule has 0 spiro atoms. The number of carbonyl (C=O) groups excluding carboxylic acids is 2. The van der Waals surface area contributed by atoms with E-state index in [4.69, 9.17) is 9.47 Å². The summed E-state index contributed by atoms with van der Waals surface area (Å²) in [5.41, 5.74) is 0. The number of hydrogen-bond donors (Lipinski definition) is 0. The summed E-state index contributed by atoms with van der Waals surface area (Å²) >= 11 is 0. The SMILES string of the molecule is COC(=O)C1CN(C(=O)COc2cccc(F)c2)CC1C. The number of hydrogen-bond acceptors (Lipinski definition) is 4. The fourth-order valence-electron chi connectivity index (χ4n) is 2.42. The zero-order chi connectivity index (χ0) is 15.4. The third-order valence-electron chi connectivity index (χ3n) is 3.63. The lowest BCUT2D eigenvalue weighted by Gasteiger charge is -2.16. The van der Waals surface area contributed by atoms with E-state index in [1.165, 1.54) is 25.3 Å². The number of benzene rings is 1. The van der Waals surface area contributed by atoms with E-state index in [-0.39, 0.29) is 30.3 Å². The smallest absolute Gasteiger partial charge is 0.310 e. The Morgan fingerprint density at radius 2 is 2.14 bits per heavy atom. The Bertz CT molecular complexity index is 534. The van der Waals surface area contributed by atoms with Crippen LogP contribution in [-0.2, 0) is 14.3 Å². The van der Waals surface area contributed by atoms with Gasteiger partial charge in [-0.05, 0) is 18.1 Å². The molecule has 2 atom stereocenters. The van der Waals surface area contributed by atoms with Crippen LogP contribution >= 0.6 is 0 Å². The third kappa shape index (κ3) is 3.71. The van der Waals surface area contributed by atoms with Gasteiger partial charge in [-0.2, -0.15) is 0 Å². The van der Waals surface area contributed by atoms with E-state index in [2.05, 4.69) is 0 Å². The average molecular weight is 295 g/mol. The summed E-state index contributed by atoms with van der Waals surface area (Å²) in [6.07, 6.45) is 0. The lowest BCUT2D eigenvalue weighted by atomic mass is 9.99. The molecule has 0 aliphatic carbocycles. The van der Waals surface area contributed by atoms with Crippen molar-refractivity contribution in [1.82, 2.24) is 4.90 Å². The van der Waals surface area contributed by atoms with Gasteiger partial charge in [-0.25, -0.2) is 4.39 Å². The van der Waals surface area contributed by atoms with Gasteiger partial charge < -0.3 is 14.4 Å². The number of nitrogens with zero attached hydrogens (tertiary/aromatic N) is 1. The van der Waals surface area contributed by atoms with Crippen LogP contribution in [0.5, 0.6) is 5.75 Å². The standard InChI is InChI=1S/C15H18FNO4/c1-10-7-17(8-13(10)15(19)20-2)14(18)9-21-12-5-3-4-11(16)6-12/h3-6,10,13H,7-9H2,1-2H3. The number of methoxy groups -OCH3 is 1. The molecule has 1 amide bonds. The molecule has 21 heavy (non-hydrogen) atoms. The number of ether oxygens (including phenoxy) is 2. The maximum atomic E-state index is 13.0. The fourth-order valence-corrected chi connectivity index (χ4v) is 2.42. The first-order valence-corrected chi connectivity index (χ1v) is 6.75. The molecule has 1 fully saturated rings. The van der Waals surface area contributed by atoms with Crippen molar-refractivity contribution in [2.75, 3.05) is 26.8 Å². The molecule has 0 saturated carbocycles. The van der Waals surface area contributed by atoms with E-state index >= 15 is 0 Å². The van der Waals surface area contributed by atoms with Gasteiger partial charge in [0.2, 0.25) is 0 Å². The van der Waals surface area contributed by atoms with Crippen LogP contribution in [0.2, 0.25) is 0 Å². The van der Waals surface area contributed by atoms with E-state index in [1.807, 2.05) is 6.92 Å². The third-order valence-corrected chi connectivity index (χ3v) is 3.63. The number of amides is 1. The van der Waals surface area contributed by atoms with Gasteiger partial charge in [0, 0.05) is 19.2 Å². The molecule has 2 rings (SSSR count). The molecule has 0 N–H and O–H groups in total. The van der Waals surface area contributed by atoms with Crippen LogP contribution in [0.1, 0.15) is 6.92 Å². The van der Waals surface area contributed by atoms with Crippen LogP contribution in [-0.4, -0.2) is 43.6 Å². The summed E-state index contributed by atoms with van der Waals surface area (Å²) < 4.78 is 23.0. The molecular weight excluding hydrogens is 277 g/mol. The Morgan fingerprint density at radius 3 is 2.81 bits per heavy atom. The van der Waals surface area contributed by atoms with Crippen molar-refractivity contribution in [2.24, 2.45) is 11.8 Å². The highest BCUT2D eigenvalue weighted by Gasteiger charge is 2.37. The predicted octanol–water partition coefficient (Wildman–Crippen LogP) is 1.47.